The third-order valence-corrected chi connectivity index (χ3v) is 10.6. The molecule has 2 aromatic rings. The fourth-order valence-corrected chi connectivity index (χ4v) is 6.52. The van der Waals surface area contributed by atoms with Gasteiger partial charge in [0.05, 0.1) is 0 Å². The number of carbonyl (C=O) groups excluding carboxylic acids is 1. The zero-order chi connectivity index (χ0) is 23.2. The summed E-state index contributed by atoms with van der Waals surface area (Å²) in [4.78, 5) is 11.7. The Hall–Kier alpha value is -2.02. The van der Waals surface area contributed by atoms with Crippen LogP contribution in [0, 0.1) is 6.92 Å². The average molecular weight is 466 g/mol. The van der Waals surface area contributed by atoms with E-state index in [0.29, 0.717) is 10.6 Å². The van der Waals surface area contributed by atoms with Gasteiger partial charge in [-0.1, -0.05) is 68.3 Å². The number of primary amides is 1. The average Bonchev–Trinajstić information content (AvgIpc) is 2.74. The second-order valence-electron chi connectivity index (χ2n) is 7.76. The first-order valence-electron chi connectivity index (χ1n) is 10.5. The zero-order valence-electron chi connectivity index (χ0n) is 18.4. The van der Waals surface area contributed by atoms with Gasteiger partial charge in [0.2, 0.25) is 5.91 Å². The molecule has 0 aromatic heterocycles. The first kappa shape index (κ1) is 25.2. The first-order chi connectivity index (χ1) is 14.6. The summed E-state index contributed by atoms with van der Waals surface area (Å²) in [6.07, 6.45) is 0.561. The summed E-state index contributed by atoms with van der Waals surface area (Å²) >= 11 is 6.00. The van der Waals surface area contributed by atoms with E-state index in [9.17, 15) is 4.79 Å². The highest BCUT2D eigenvalue weighted by Crippen LogP contribution is 2.41. The van der Waals surface area contributed by atoms with E-state index in [1.54, 1.807) is 24.3 Å². The number of aryl methyl sites for hydroxylation is 1. The van der Waals surface area contributed by atoms with E-state index < -0.39 is 26.3 Å². The van der Waals surface area contributed by atoms with Crippen molar-refractivity contribution in [3.8, 4) is 0 Å². The summed E-state index contributed by atoms with van der Waals surface area (Å²) in [6, 6.07) is 13.6. The van der Waals surface area contributed by atoms with Crippen molar-refractivity contribution in [3.05, 3.63) is 75.8 Å². The van der Waals surface area contributed by atoms with Crippen molar-refractivity contribution in [2.24, 2.45) is 5.73 Å². The molecular weight excluding hydrogens is 436 g/mol. The minimum Gasteiger partial charge on any atom is -0.404 e. The fraction of sp³-hybridized carbons (Fsp3) is 0.375. The number of benzene rings is 2. The van der Waals surface area contributed by atoms with E-state index in [-0.39, 0.29) is 11.1 Å². The standard InChI is InChI=1S/C24H30ClF2NO2Si/c1-5-31(6-2,7-3)30-22(18-10-8-17(4)9-11-18)24(26,27)15-14-19-16-20(25)12-13-21(19)23(28)29/h8-16,22H,5-7H2,1-4H3,(H2,28,29). The maximum Gasteiger partial charge on any atom is 0.295 e. The molecular formula is C24H30ClF2NO2Si. The van der Waals surface area contributed by atoms with Crippen LogP contribution in [-0.4, -0.2) is 20.1 Å². The van der Waals surface area contributed by atoms with Crippen LogP contribution in [0.1, 0.15) is 53.9 Å². The number of amides is 1. The quantitative estimate of drug-likeness (QED) is 0.378. The number of halogens is 3. The van der Waals surface area contributed by atoms with Crippen molar-refractivity contribution in [2.45, 2.75) is 57.9 Å². The Morgan fingerprint density at radius 1 is 1.13 bits per heavy atom. The van der Waals surface area contributed by atoms with Crippen molar-refractivity contribution >= 4 is 31.9 Å². The highest BCUT2D eigenvalue weighted by atomic mass is 35.5. The van der Waals surface area contributed by atoms with E-state index in [4.69, 9.17) is 21.8 Å². The van der Waals surface area contributed by atoms with Gasteiger partial charge in [0.25, 0.3) is 5.92 Å². The Morgan fingerprint density at radius 2 is 1.71 bits per heavy atom. The molecule has 0 aliphatic rings. The van der Waals surface area contributed by atoms with E-state index >= 15 is 8.78 Å². The normalized spacial score (nSPS) is 13.5. The topological polar surface area (TPSA) is 52.3 Å². The third-order valence-electron chi connectivity index (χ3n) is 5.79. The lowest BCUT2D eigenvalue weighted by Gasteiger charge is -2.36. The molecule has 168 valence electrons. The lowest BCUT2D eigenvalue weighted by atomic mass is 10.00. The molecule has 0 aliphatic heterocycles. The van der Waals surface area contributed by atoms with Gasteiger partial charge in [0.1, 0.15) is 6.10 Å². The van der Waals surface area contributed by atoms with Crippen molar-refractivity contribution in [2.75, 3.05) is 0 Å². The van der Waals surface area contributed by atoms with Crippen LogP contribution >= 0.6 is 11.6 Å². The Kier molecular flexibility index (Phi) is 8.57. The molecule has 0 saturated heterocycles. The Balaban J connectivity index is 2.51. The van der Waals surface area contributed by atoms with Crippen molar-refractivity contribution in [3.63, 3.8) is 0 Å². The highest BCUT2D eigenvalue weighted by Gasteiger charge is 2.44. The molecule has 0 spiro atoms. The summed E-state index contributed by atoms with van der Waals surface area (Å²) in [5, 5.41) is 0.327. The number of alkyl halides is 2. The first-order valence-corrected chi connectivity index (χ1v) is 13.4. The maximum absolute atomic E-state index is 15.6. The molecule has 0 bridgehead atoms. The maximum atomic E-state index is 15.6. The molecule has 1 amide bonds. The van der Waals surface area contributed by atoms with Gasteiger partial charge < -0.3 is 10.2 Å². The van der Waals surface area contributed by atoms with Crippen LogP contribution in [0.25, 0.3) is 6.08 Å². The predicted octanol–water partition coefficient (Wildman–Crippen LogP) is 7.16. The Labute approximate surface area is 189 Å². The molecule has 3 nitrogen and oxygen atoms in total. The zero-order valence-corrected chi connectivity index (χ0v) is 20.2. The van der Waals surface area contributed by atoms with E-state index in [1.165, 1.54) is 24.3 Å². The summed E-state index contributed by atoms with van der Waals surface area (Å²) in [5.74, 6) is -4.02. The van der Waals surface area contributed by atoms with Crippen molar-refractivity contribution in [1.82, 2.24) is 0 Å². The van der Waals surface area contributed by atoms with Crippen LogP contribution in [0.4, 0.5) is 8.78 Å². The van der Waals surface area contributed by atoms with Gasteiger partial charge in [-0.05, 0) is 60.5 Å². The third kappa shape index (κ3) is 6.25. The summed E-state index contributed by atoms with van der Waals surface area (Å²) in [7, 11) is -2.34. The monoisotopic (exact) mass is 465 g/mol. The van der Waals surface area contributed by atoms with Crippen molar-refractivity contribution in [1.29, 1.82) is 0 Å². The number of hydrogen-bond donors (Lipinski definition) is 1. The highest BCUT2D eigenvalue weighted by molar-refractivity contribution is 6.73. The van der Waals surface area contributed by atoms with E-state index in [1.807, 2.05) is 27.7 Å². The van der Waals surface area contributed by atoms with E-state index in [0.717, 1.165) is 29.8 Å². The van der Waals surface area contributed by atoms with Crippen LogP contribution in [0.2, 0.25) is 23.2 Å². The lowest BCUT2D eigenvalue weighted by Crippen LogP contribution is -2.41. The van der Waals surface area contributed by atoms with Gasteiger partial charge in [0.15, 0.2) is 8.32 Å². The fourth-order valence-electron chi connectivity index (χ4n) is 3.54. The van der Waals surface area contributed by atoms with Crippen LogP contribution in [0.15, 0.2) is 48.5 Å². The minimum atomic E-state index is -3.32. The molecule has 7 heteroatoms. The predicted molar refractivity (Wildman–Crippen MR) is 126 cm³/mol. The Morgan fingerprint density at radius 3 is 2.23 bits per heavy atom. The molecule has 0 radical (unpaired) electrons. The molecule has 31 heavy (non-hydrogen) atoms. The molecule has 0 saturated carbocycles. The molecule has 0 heterocycles. The largest absolute Gasteiger partial charge is 0.404 e. The van der Waals surface area contributed by atoms with Crippen LogP contribution in [0.3, 0.4) is 0 Å². The second kappa shape index (κ2) is 10.5. The van der Waals surface area contributed by atoms with Crippen molar-refractivity contribution < 1.29 is 18.0 Å². The summed E-state index contributed by atoms with van der Waals surface area (Å²) in [5.41, 5.74) is 7.16. The molecule has 2 rings (SSSR count). The molecule has 2 aromatic carbocycles. The van der Waals surface area contributed by atoms with Gasteiger partial charge in [-0.3, -0.25) is 4.79 Å². The number of hydrogen-bond acceptors (Lipinski definition) is 2. The van der Waals surface area contributed by atoms with Gasteiger partial charge in [-0.2, -0.15) is 8.78 Å². The van der Waals surface area contributed by atoms with Crippen LogP contribution < -0.4 is 5.73 Å². The second-order valence-corrected chi connectivity index (χ2v) is 12.9. The summed E-state index contributed by atoms with van der Waals surface area (Å²) < 4.78 is 37.5. The molecule has 0 aliphatic carbocycles. The summed E-state index contributed by atoms with van der Waals surface area (Å²) in [6.45, 7) is 7.92. The minimum absolute atomic E-state index is 0.128. The number of rotatable bonds is 10. The van der Waals surface area contributed by atoms with Gasteiger partial charge >= 0.3 is 0 Å². The molecule has 0 fully saturated rings. The number of nitrogens with two attached hydrogens (primary N) is 1. The molecule has 1 unspecified atom stereocenters. The Bertz CT molecular complexity index is 919. The van der Waals surface area contributed by atoms with Crippen LogP contribution in [-0.2, 0) is 4.43 Å². The SMILES string of the molecule is CC[Si](CC)(CC)OC(c1ccc(C)cc1)C(F)(F)C=Cc1cc(Cl)ccc1C(N)=O. The molecule has 2 N–H and O–H groups in total. The van der Waals surface area contributed by atoms with Gasteiger partial charge in [0, 0.05) is 10.6 Å². The number of carbonyl (C=O) groups is 1. The van der Waals surface area contributed by atoms with Crippen LogP contribution in [0.5, 0.6) is 0 Å². The lowest BCUT2D eigenvalue weighted by molar-refractivity contribution is -0.0627. The van der Waals surface area contributed by atoms with Gasteiger partial charge in [-0.25, -0.2) is 0 Å². The molecule has 1 atom stereocenters. The van der Waals surface area contributed by atoms with E-state index in [2.05, 4.69) is 0 Å². The smallest absolute Gasteiger partial charge is 0.295 e. The van der Waals surface area contributed by atoms with Gasteiger partial charge in [-0.15, -0.1) is 0 Å².